The van der Waals surface area contributed by atoms with Crippen LogP contribution in [0.15, 0.2) is 30.3 Å². The van der Waals surface area contributed by atoms with Crippen LogP contribution in [-0.4, -0.2) is 6.54 Å². The van der Waals surface area contributed by atoms with E-state index < -0.39 is 6.05 Å². The Morgan fingerprint density at radius 2 is 1.86 bits per heavy atom. The van der Waals surface area contributed by atoms with Crippen LogP contribution in [0.1, 0.15) is 25.3 Å². The van der Waals surface area contributed by atoms with Crippen LogP contribution in [0.25, 0.3) is 0 Å². The lowest BCUT2D eigenvalue weighted by atomic mass is 10.2. The molecule has 1 N–H and O–H groups in total. The monoisotopic (exact) mass is 199 g/mol. The molecular weight excluding hydrogens is 184 g/mol. The molecule has 1 aromatic rings. The minimum atomic E-state index is -2.91. The predicted octanol–water partition coefficient (Wildman–Crippen LogP) is 3.13. The van der Waals surface area contributed by atoms with Gasteiger partial charge in [0.1, 0.15) is 0 Å². The second kappa shape index (κ2) is 5.05. The molecule has 0 aliphatic heterocycles. The van der Waals surface area contributed by atoms with Gasteiger partial charge in [-0.3, -0.25) is 5.32 Å². The Balaban J connectivity index is 2.56. The number of hydrogen-bond acceptors (Lipinski definition) is 1. The number of nitrogens with one attached hydrogen (secondary N) is 1. The quantitative estimate of drug-likeness (QED) is 0.567. The average molecular weight is 199 g/mol. The van der Waals surface area contributed by atoms with Gasteiger partial charge >= 0.3 is 6.05 Å². The zero-order valence-electron chi connectivity index (χ0n) is 8.26. The molecule has 0 heterocycles. The fraction of sp³-hybridized carbons (Fsp3) is 0.455. The fourth-order valence-electron chi connectivity index (χ4n) is 1.17. The Morgan fingerprint density at radius 3 is 2.43 bits per heavy atom. The predicted molar refractivity (Wildman–Crippen MR) is 53.2 cm³/mol. The Kier molecular flexibility index (Phi) is 4.01. The van der Waals surface area contributed by atoms with Crippen molar-refractivity contribution in [2.45, 2.75) is 25.8 Å². The van der Waals surface area contributed by atoms with Gasteiger partial charge in [-0.05, 0) is 6.42 Å². The van der Waals surface area contributed by atoms with Gasteiger partial charge in [0.15, 0.2) is 0 Å². The summed E-state index contributed by atoms with van der Waals surface area (Å²) in [6.45, 7) is 2.32. The minimum Gasteiger partial charge on any atom is -0.254 e. The van der Waals surface area contributed by atoms with E-state index in [0.717, 1.165) is 12.8 Å². The highest BCUT2D eigenvalue weighted by Crippen LogP contribution is 2.23. The number of alkyl halides is 2. The molecule has 0 radical (unpaired) electrons. The van der Waals surface area contributed by atoms with E-state index in [-0.39, 0.29) is 5.56 Å². The van der Waals surface area contributed by atoms with Crippen molar-refractivity contribution < 1.29 is 8.78 Å². The Morgan fingerprint density at radius 1 is 1.21 bits per heavy atom. The van der Waals surface area contributed by atoms with Gasteiger partial charge in [0.05, 0.1) is 0 Å². The van der Waals surface area contributed by atoms with Gasteiger partial charge in [-0.1, -0.05) is 43.7 Å². The third-order valence-corrected chi connectivity index (χ3v) is 2.01. The van der Waals surface area contributed by atoms with E-state index in [1.54, 1.807) is 18.2 Å². The first-order valence-electron chi connectivity index (χ1n) is 4.85. The molecule has 0 fully saturated rings. The van der Waals surface area contributed by atoms with Gasteiger partial charge in [-0.2, -0.15) is 8.78 Å². The summed E-state index contributed by atoms with van der Waals surface area (Å²) in [5, 5.41) is 2.24. The van der Waals surface area contributed by atoms with Crippen LogP contribution >= 0.6 is 0 Å². The summed E-state index contributed by atoms with van der Waals surface area (Å²) in [7, 11) is 0. The molecule has 0 bridgehead atoms. The molecule has 0 spiro atoms. The Hall–Kier alpha value is -0.960. The molecule has 1 aromatic carbocycles. The van der Waals surface area contributed by atoms with Crippen LogP contribution in [-0.2, 0) is 6.05 Å². The summed E-state index contributed by atoms with van der Waals surface area (Å²) in [6.07, 6.45) is 1.68. The Labute approximate surface area is 83.1 Å². The summed E-state index contributed by atoms with van der Waals surface area (Å²) in [4.78, 5) is 0. The summed E-state index contributed by atoms with van der Waals surface area (Å²) in [6, 6.07) is 4.91. The van der Waals surface area contributed by atoms with Gasteiger partial charge in [-0.15, -0.1) is 0 Å². The highest BCUT2D eigenvalue weighted by molar-refractivity contribution is 5.19. The number of unbranched alkanes of at least 4 members (excludes halogenated alkanes) is 1. The molecule has 0 aliphatic carbocycles. The highest BCUT2D eigenvalue weighted by Gasteiger charge is 2.29. The van der Waals surface area contributed by atoms with E-state index in [4.69, 9.17) is 0 Å². The third kappa shape index (κ3) is 3.07. The fourth-order valence-corrected chi connectivity index (χ4v) is 1.17. The van der Waals surface area contributed by atoms with Gasteiger partial charge in [0.2, 0.25) is 0 Å². The van der Waals surface area contributed by atoms with Crippen molar-refractivity contribution in [3.63, 3.8) is 0 Å². The molecule has 0 saturated heterocycles. The van der Waals surface area contributed by atoms with E-state index in [1.807, 2.05) is 6.92 Å². The molecule has 3 heteroatoms. The molecule has 0 saturated carbocycles. The lowest BCUT2D eigenvalue weighted by molar-refractivity contribution is -0.0410. The van der Waals surface area contributed by atoms with Crippen LogP contribution in [0.5, 0.6) is 0 Å². The summed E-state index contributed by atoms with van der Waals surface area (Å²) >= 11 is 0. The lowest BCUT2D eigenvalue weighted by Crippen LogP contribution is -2.34. The van der Waals surface area contributed by atoms with Crippen LogP contribution in [0.2, 0.25) is 0 Å². The molecule has 0 aliphatic rings. The number of benzene rings is 1. The minimum absolute atomic E-state index is 0.0242. The van der Waals surface area contributed by atoms with Crippen molar-refractivity contribution in [1.29, 1.82) is 0 Å². The van der Waals surface area contributed by atoms with Crippen molar-refractivity contribution in [3.05, 3.63) is 35.9 Å². The van der Waals surface area contributed by atoms with E-state index in [2.05, 4.69) is 5.32 Å². The molecule has 0 aromatic heterocycles. The second-order valence-electron chi connectivity index (χ2n) is 3.22. The number of rotatable bonds is 5. The van der Waals surface area contributed by atoms with Gasteiger partial charge in [0.25, 0.3) is 0 Å². The van der Waals surface area contributed by atoms with Crippen molar-refractivity contribution in [1.82, 2.24) is 5.32 Å². The third-order valence-electron chi connectivity index (χ3n) is 2.01. The highest BCUT2D eigenvalue weighted by atomic mass is 19.3. The molecular formula is C11H15F2N. The molecule has 0 unspecified atom stereocenters. The molecule has 1 nitrogen and oxygen atoms in total. The first-order valence-corrected chi connectivity index (χ1v) is 4.85. The first kappa shape index (κ1) is 11.1. The van der Waals surface area contributed by atoms with E-state index in [0.29, 0.717) is 6.54 Å². The average Bonchev–Trinajstić information content (AvgIpc) is 2.19. The van der Waals surface area contributed by atoms with Crippen LogP contribution in [0.4, 0.5) is 8.78 Å². The summed E-state index contributed by atoms with van der Waals surface area (Å²) < 4.78 is 26.7. The van der Waals surface area contributed by atoms with Crippen LogP contribution in [0, 0.1) is 0 Å². The molecule has 0 amide bonds. The van der Waals surface area contributed by atoms with Crippen LogP contribution < -0.4 is 5.32 Å². The number of hydrogen-bond donors (Lipinski definition) is 1. The molecule has 1 rings (SSSR count). The van der Waals surface area contributed by atoms with Crippen molar-refractivity contribution in [2.75, 3.05) is 6.54 Å². The molecule has 0 atom stereocenters. The van der Waals surface area contributed by atoms with Gasteiger partial charge < -0.3 is 0 Å². The zero-order chi connectivity index (χ0) is 10.4. The van der Waals surface area contributed by atoms with Crippen molar-refractivity contribution in [2.24, 2.45) is 0 Å². The van der Waals surface area contributed by atoms with E-state index >= 15 is 0 Å². The lowest BCUT2D eigenvalue weighted by Gasteiger charge is -2.17. The summed E-state index contributed by atoms with van der Waals surface area (Å²) in [5.41, 5.74) is 0.0242. The maximum absolute atomic E-state index is 13.4. The Bertz CT molecular complexity index is 259. The first-order chi connectivity index (χ1) is 6.67. The maximum atomic E-state index is 13.4. The van der Waals surface area contributed by atoms with E-state index in [1.165, 1.54) is 12.1 Å². The van der Waals surface area contributed by atoms with Gasteiger partial charge in [-0.25, -0.2) is 0 Å². The van der Waals surface area contributed by atoms with Crippen LogP contribution in [0.3, 0.4) is 0 Å². The molecule has 14 heavy (non-hydrogen) atoms. The normalized spacial score (nSPS) is 11.6. The summed E-state index contributed by atoms with van der Waals surface area (Å²) in [5.74, 6) is 0. The second-order valence-corrected chi connectivity index (χ2v) is 3.22. The molecule has 78 valence electrons. The van der Waals surface area contributed by atoms with Crippen molar-refractivity contribution >= 4 is 0 Å². The number of halogens is 2. The van der Waals surface area contributed by atoms with E-state index in [9.17, 15) is 8.78 Å². The largest absolute Gasteiger partial charge is 0.329 e. The zero-order valence-corrected chi connectivity index (χ0v) is 8.26. The SMILES string of the molecule is CCCCNC(F)(F)c1ccccc1. The smallest absolute Gasteiger partial charge is 0.254 e. The van der Waals surface area contributed by atoms with Crippen molar-refractivity contribution in [3.8, 4) is 0 Å². The van der Waals surface area contributed by atoms with Gasteiger partial charge in [0, 0.05) is 12.1 Å². The maximum Gasteiger partial charge on any atom is 0.329 e. The standard InChI is InChI=1S/C11H15F2N/c1-2-3-9-14-11(12,13)10-7-5-4-6-8-10/h4-8,14H,2-3,9H2,1H3. The topological polar surface area (TPSA) is 12.0 Å².